The highest BCUT2D eigenvalue weighted by atomic mass is 79.9. The lowest BCUT2D eigenvalue weighted by Crippen LogP contribution is -2.05. The van der Waals surface area contributed by atoms with Gasteiger partial charge in [0.15, 0.2) is 0 Å². The van der Waals surface area contributed by atoms with Crippen molar-refractivity contribution >= 4 is 43.5 Å². The van der Waals surface area contributed by atoms with Crippen molar-refractivity contribution in [3.63, 3.8) is 0 Å². The molecule has 0 aromatic heterocycles. The van der Waals surface area contributed by atoms with Gasteiger partial charge < -0.3 is 0 Å². The molecule has 0 radical (unpaired) electrons. The van der Waals surface area contributed by atoms with E-state index in [1.807, 2.05) is 18.2 Å². The minimum absolute atomic E-state index is 0.229. The zero-order chi connectivity index (χ0) is 13.8. The van der Waals surface area contributed by atoms with Crippen LogP contribution in [-0.4, -0.2) is 5.88 Å². The Kier molecular flexibility index (Phi) is 5.43. The third-order valence-electron chi connectivity index (χ3n) is 2.99. The average Bonchev–Trinajstić information content (AvgIpc) is 2.41. The smallest absolute Gasteiger partial charge is 0.137 e. The summed E-state index contributed by atoms with van der Waals surface area (Å²) < 4.78 is 14.8. The van der Waals surface area contributed by atoms with Crippen molar-refractivity contribution in [2.45, 2.75) is 12.3 Å². The van der Waals surface area contributed by atoms with E-state index in [1.165, 1.54) is 11.6 Å². The van der Waals surface area contributed by atoms with E-state index in [-0.39, 0.29) is 11.7 Å². The van der Waals surface area contributed by atoms with Crippen molar-refractivity contribution in [1.82, 2.24) is 0 Å². The van der Waals surface area contributed by atoms with E-state index in [0.29, 0.717) is 10.4 Å². The molecule has 0 fully saturated rings. The molecule has 0 amide bonds. The number of alkyl halides is 1. The molecule has 19 heavy (non-hydrogen) atoms. The van der Waals surface area contributed by atoms with E-state index in [1.54, 1.807) is 6.07 Å². The van der Waals surface area contributed by atoms with E-state index in [9.17, 15) is 4.39 Å². The normalized spacial score (nSPS) is 12.4. The van der Waals surface area contributed by atoms with Gasteiger partial charge in [-0.05, 0) is 57.7 Å². The third-order valence-corrected chi connectivity index (χ3v) is 4.50. The highest BCUT2D eigenvalue weighted by Gasteiger charge is 2.12. The van der Waals surface area contributed by atoms with Crippen LogP contribution in [-0.2, 0) is 6.42 Å². The molecule has 1 atom stereocenters. The molecule has 0 aliphatic heterocycles. The molecule has 1 unspecified atom stereocenters. The van der Waals surface area contributed by atoms with Crippen LogP contribution < -0.4 is 0 Å². The summed E-state index contributed by atoms with van der Waals surface area (Å²) in [6.07, 6.45) is 0.796. The Morgan fingerprint density at radius 3 is 2.32 bits per heavy atom. The quantitative estimate of drug-likeness (QED) is 0.553. The summed E-state index contributed by atoms with van der Waals surface area (Å²) in [4.78, 5) is 0. The second-order valence-corrected chi connectivity index (χ2v) is 6.43. The fourth-order valence-electron chi connectivity index (χ4n) is 1.95. The Morgan fingerprint density at radius 1 is 1.05 bits per heavy atom. The Morgan fingerprint density at radius 2 is 1.74 bits per heavy atom. The van der Waals surface area contributed by atoms with E-state index < -0.39 is 0 Å². The summed E-state index contributed by atoms with van der Waals surface area (Å²) >= 11 is 12.7. The maximum absolute atomic E-state index is 13.2. The first-order chi connectivity index (χ1) is 9.10. The number of benzene rings is 2. The van der Waals surface area contributed by atoms with Crippen LogP contribution in [0.2, 0.25) is 0 Å². The number of hydrogen-bond donors (Lipinski definition) is 0. The fraction of sp³-hybridized carbons (Fsp3) is 0.200. The molecule has 0 nitrogen and oxygen atoms in total. The monoisotopic (exact) mass is 404 g/mol. The van der Waals surface area contributed by atoms with Gasteiger partial charge in [0.2, 0.25) is 0 Å². The number of hydrogen-bond acceptors (Lipinski definition) is 0. The molecule has 0 spiro atoms. The topological polar surface area (TPSA) is 0 Å². The Hall–Kier alpha value is -0.380. The molecule has 0 heterocycles. The van der Waals surface area contributed by atoms with E-state index in [4.69, 9.17) is 11.6 Å². The van der Waals surface area contributed by atoms with Crippen molar-refractivity contribution < 1.29 is 4.39 Å². The zero-order valence-electron chi connectivity index (χ0n) is 10.0. The lowest BCUT2D eigenvalue weighted by molar-refractivity contribution is 0.619. The zero-order valence-corrected chi connectivity index (χ0v) is 14.0. The van der Waals surface area contributed by atoms with Crippen molar-refractivity contribution in [3.8, 4) is 0 Å². The summed E-state index contributed by atoms with van der Waals surface area (Å²) in [7, 11) is 0. The van der Waals surface area contributed by atoms with Crippen LogP contribution in [0, 0.1) is 5.82 Å². The summed E-state index contributed by atoms with van der Waals surface area (Å²) in [6.45, 7) is 0. The Labute approximate surface area is 134 Å². The molecule has 100 valence electrons. The molecule has 4 heteroatoms. The standard InChI is InChI=1S/C15H12Br2ClF/c16-13-4-2-11(3-5-13)12(9-18)7-10-1-6-15(19)14(17)8-10/h1-6,8,12H,7,9H2. The molecule has 0 bridgehead atoms. The molecule has 0 saturated carbocycles. The molecule has 0 N–H and O–H groups in total. The minimum Gasteiger partial charge on any atom is -0.206 e. The van der Waals surface area contributed by atoms with E-state index in [2.05, 4.69) is 44.0 Å². The summed E-state index contributed by atoms with van der Waals surface area (Å²) in [5, 5.41) is 0. The highest BCUT2D eigenvalue weighted by Crippen LogP contribution is 2.26. The van der Waals surface area contributed by atoms with Gasteiger partial charge >= 0.3 is 0 Å². The lowest BCUT2D eigenvalue weighted by Gasteiger charge is -2.15. The van der Waals surface area contributed by atoms with Crippen molar-refractivity contribution in [1.29, 1.82) is 0 Å². The molecule has 2 aromatic rings. The van der Waals surface area contributed by atoms with Crippen LogP contribution in [0.1, 0.15) is 17.0 Å². The van der Waals surface area contributed by atoms with Gasteiger partial charge in [-0.15, -0.1) is 11.6 Å². The first-order valence-electron chi connectivity index (χ1n) is 5.85. The largest absolute Gasteiger partial charge is 0.206 e. The Balaban J connectivity index is 2.18. The summed E-state index contributed by atoms with van der Waals surface area (Å²) in [6, 6.07) is 13.2. The minimum atomic E-state index is -0.241. The molecular weight excluding hydrogens is 394 g/mol. The second-order valence-electron chi connectivity index (χ2n) is 4.36. The maximum atomic E-state index is 13.2. The van der Waals surface area contributed by atoms with Crippen LogP contribution in [0.3, 0.4) is 0 Å². The van der Waals surface area contributed by atoms with Crippen molar-refractivity contribution in [2.75, 3.05) is 5.88 Å². The molecular formula is C15H12Br2ClF. The fourth-order valence-corrected chi connectivity index (χ4v) is 2.93. The SMILES string of the molecule is Fc1ccc(CC(CCl)c2ccc(Br)cc2)cc1Br. The molecule has 2 rings (SSSR count). The first-order valence-corrected chi connectivity index (χ1v) is 7.97. The van der Waals surface area contributed by atoms with Gasteiger partial charge in [0.25, 0.3) is 0 Å². The van der Waals surface area contributed by atoms with Gasteiger partial charge in [0.05, 0.1) is 4.47 Å². The molecule has 0 aliphatic carbocycles. The van der Waals surface area contributed by atoms with Crippen molar-refractivity contribution in [2.24, 2.45) is 0 Å². The highest BCUT2D eigenvalue weighted by molar-refractivity contribution is 9.10. The summed E-state index contributed by atoms with van der Waals surface area (Å²) in [5.41, 5.74) is 2.26. The van der Waals surface area contributed by atoms with Crippen LogP contribution in [0.5, 0.6) is 0 Å². The van der Waals surface area contributed by atoms with Crippen molar-refractivity contribution in [3.05, 3.63) is 68.4 Å². The molecule has 0 saturated heterocycles. The van der Waals surface area contributed by atoms with Crippen LogP contribution in [0.15, 0.2) is 51.4 Å². The van der Waals surface area contributed by atoms with E-state index in [0.717, 1.165) is 16.5 Å². The van der Waals surface area contributed by atoms with E-state index >= 15 is 0 Å². The molecule has 2 aromatic carbocycles. The van der Waals surface area contributed by atoms with Crippen LogP contribution >= 0.6 is 43.5 Å². The van der Waals surface area contributed by atoms with Gasteiger partial charge in [-0.25, -0.2) is 4.39 Å². The number of halogens is 4. The lowest BCUT2D eigenvalue weighted by atomic mass is 9.94. The molecule has 0 aliphatic rings. The second kappa shape index (κ2) is 6.87. The van der Waals surface area contributed by atoms with Crippen LogP contribution in [0.25, 0.3) is 0 Å². The van der Waals surface area contributed by atoms with Gasteiger partial charge in [-0.1, -0.05) is 34.1 Å². The predicted molar refractivity (Wildman–Crippen MR) is 85.4 cm³/mol. The van der Waals surface area contributed by atoms with Crippen LogP contribution in [0.4, 0.5) is 4.39 Å². The van der Waals surface area contributed by atoms with Gasteiger partial charge in [0, 0.05) is 16.3 Å². The Bertz CT molecular complexity index is 555. The maximum Gasteiger partial charge on any atom is 0.137 e. The number of rotatable bonds is 4. The first kappa shape index (κ1) is 15.0. The summed E-state index contributed by atoms with van der Waals surface area (Å²) in [5.74, 6) is 0.526. The predicted octanol–water partition coefficient (Wildman–Crippen LogP) is 5.92. The van der Waals surface area contributed by atoms with Gasteiger partial charge in [-0.2, -0.15) is 0 Å². The van der Waals surface area contributed by atoms with Gasteiger partial charge in [0.1, 0.15) is 5.82 Å². The van der Waals surface area contributed by atoms with Gasteiger partial charge in [-0.3, -0.25) is 0 Å². The third kappa shape index (κ3) is 4.04. The average molecular weight is 407 g/mol.